The van der Waals surface area contributed by atoms with E-state index in [1.165, 1.54) is 28.5 Å². The third-order valence-electron chi connectivity index (χ3n) is 3.37. The fourth-order valence-electron chi connectivity index (χ4n) is 2.36. The maximum absolute atomic E-state index is 12.8. The normalized spacial score (nSPS) is 18.6. The first kappa shape index (κ1) is 17.1. The summed E-state index contributed by atoms with van der Waals surface area (Å²) in [5.41, 5.74) is 0.684. The van der Waals surface area contributed by atoms with E-state index in [1.54, 1.807) is 23.1 Å². The van der Waals surface area contributed by atoms with Gasteiger partial charge in [0, 0.05) is 11.1 Å². The number of sulfone groups is 1. The molecule has 0 N–H and O–H groups in total. The van der Waals surface area contributed by atoms with Crippen molar-refractivity contribution in [2.75, 3.05) is 16.4 Å². The van der Waals surface area contributed by atoms with Crippen LogP contribution in [0.2, 0.25) is 0 Å². The molecule has 126 valence electrons. The van der Waals surface area contributed by atoms with Gasteiger partial charge in [-0.1, -0.05) is 41.3 Å². The molecular formula is C15H15N3O3S3. The molecule has 0 saturated carbocycles. The smallest absolute Gasteiger partial charge is 0.238 e. The molecule has 0 bridgehead atoms. The Kier molecular flexibility index (Phi) is 5.02. The number of carbonyl (C=O) groups excluding carboxylic acids is 1. The Balaban J connectivity index is 1.79. The van der Waals surface area contributed by atoms with Crippen molar-refractivity contribution in [1.29, 1.82) is 0 Å². The molecule has 0 aliphatic carbocycles. The van der Waals surface area contributed by atoms with E-state index < -0.39 is 15.9 Å². The van der Waals surface area contributed by atoms with E-state index in [1.807, 2.05) is 25.1 Å². The summed E-state index contributed by atoms with van der Waals surface area (Å²) in [5.74, 6) is -0.0739. The number of aromatic nitrogens is 2. The molecule has 2 aromatic rings. The van der Waals surface area contributed by atoms with Gasteiger partial charge in [0.1, 0.15) is 5.01 Å². The van der Waals surface area contributed by atoms with E-state index in [0.717, 1.165) is 9.35 Å². The lowest BCUT2D eigenvalue weighted by atomic mass is 10.2. The summed E-state index contributed by atoms with van der Waals surface area (Å²) < 4.78 is 24.2. The van der Waals surface area contributed by atoms with E-state index in [9.17, 15) is 13.2 Å². The van der Waals surface area contributed by atoms with E-state index in [0.29, 0.717) is 5.69 Å². The van der Waals surface area contributed by atoms with Crippen LogP contribution in [0.5, 0.6) is 0 Å². The summed E-state index contributed by atoms with van der Waals surface area (Å²) in [6.07, 6.45) is 1.57. The average Bonchev–Trinajstić information content (AvgIpc) is 3.12. The highest BCUT2D eigenvalue weighted by atomic mass is 32.2. The molecule has 0 saturated heterocycles. The molecule has 1 aromatic heterocycles. The topological polar surface area (TPSA) is 80.2 Å². The molecule has 1 aliphatic rings. The van der Waals surface area contributed by atoms with Gasteiger partial charge in [0.05, 0.1) is 17.5 Å². The number of amides is 1. The fraction of sp³-hybridized carbons (Fsp3) is 0.267. The quantitative estimate of drug-likeness (QED) is 0.739. The van der Waals surface area contributed by atoms with Crippen LogP contribution in [-0.2, 0) is 14.6 Å². The van der Waals surface area contributed by atoms with Gasteiger partial charge in [-0.05, 0) is 25.1 Å². The lowest BCUT2D eigenvalue weighted by molar-refractivity contribution is -0.116. The Morgan fingerprint density at radius 2 is 2.08 bits per heavy atom. The van der Waals surface area contributed by atoms with Crippen molar-refractivity contribution in [3.8, 4) is 0 Å². The van der Waals surface area contributed by atoms with Crippen molar-refractivity contribution >= 4 is 44.5 Å². The number of benzene rings is 1. The molecule has 9 heteroatoms. The molecule has 0 fully saturated rings. The molecule has 24 heavy (non-hydrogen) atoms. The Bertz CT molecular complexity index is 862. The van der Waals surface area contributed by atoms with Gasteiger partial charge in [-0.3, -0.25) is 4.79 Å². The maximum atomic E-state index is 12.8. The minimum Gasteiger partial charge on any atom is -0.304 e. The summed E-state index contributed by atoms with van der Waals surface area (Å²) in [5, 5.41) is 9.94. The standard InChI is InChI=1S/C15H15N3O3S3/c1-11-16-17-15(23-11)22-9-14(19)18(12-5-3-2-4-6-12)13-7-8-24(20,21)10-13/h2-8,13H,9-10H2,1H3/t13-/m1/s1. The zero-order valence-corrected chi connectivity index (χ0v) is 15.3. The molecule has 6 nitrogen and oxygen atoms in total. The molecule has 3 rings (SSSR count). The molecule has 0 unspecified atom stereocenters. The zero-order chi connectivity index (χ0) is 17.2. The van der Waals surface area contributed by atoms with Crippen LogP contribution in [0.4, 0.5) is 5.69 Å². The maximum Gasteiger partial charge on any atom is 0.238 e. The summed E-state index contributed by atoms with van der Waals surface area (Å²) >= 11 is 2.74. The van der Waals surface area contributed by atoms with Crippen LogP contribution in [0.15, 0.2) is 46.2 Å². The SMILES string of the molecule is Cc1nnc(SCC(=O)N(c2ccccc2)[C@@H]2C=CS(=O)(=O)C2)s1. The summed E-state index contributed by atoms with van der Waals surface area (Å²) in [4.78, 5) is 14.3. The number of thioether (sulfide) groups is 1. The Hall–Kier alpha value is -1.71. The molecule has 1 atom stereocenters. The summed E-state index contributed by atoms with van der Waals surface area (Å²) in [7, 11) is -3.25. The van der Waals surface area contributed by atoms with Gasteiger partial charge in [0.25, 0.3) is 0 Å². The first-order valence-corrected chi connectivity index (χ1v) is 10.7. The van der Waals surface area contributed by atoms with Gasteiger partial charge in [0.15, 0.2) is 14.2 Å². The van der Waals surface area contributed by atoms with Gasteiger partial charge in [-0.25, -0.2) is 8.42 Å². The molecule has 0 radical (unpaired) electrons. The number of para-hydroxylation sites is 1. The van der Waals surface area contributed by atoms with Crippen LogP contribution in [0.25, 0.3) is 0 Å². The van der Waals surface area contributed by atoms with Gasteiger partial charge < -0.3 is 4.90 Å². The molecule has 1 amide bonds. The first-order chi connectivity index (χ1) is 11.4. The van der Waals surface area contributed by atoms with Gasteiger partial charge in [-0.15, -0.1) is 10.2 Å². The largest absolute Gasteiger partial charge is 0.304 e. The number of anilines is 1. The molecule has 1 aromatic carbocycles. The predicted molar refractivity (Wildman–Crippen MR) is 96.0 cm³/mol. The van der Waals surface area contributed by atoms with Gasteiger partial charge in [-0.2, -0.15) is 0 Å². The highest BCUT2D eigenvalue weighted by Gasteiger charge is 2.31. The van der Waals surface area contributed by atoms with Crippen molar-refractivity contribution in [3.63, 3.8) is 0 Å². The fourth-order valence-corrected chi connectivity index (χ4v) is 5.30. The molecule has 2 heterocycles. The lowest BCUT2D eigenvalue weighted by Gasteiger charge is -2.27. The van der Waals surface area contributed by atoms with E-state index in [-0.39, 0.29) is 17.4 Å². The molecule has 1 aliphatic heterocycles. The van der Waals surface area contributed by atoms with Crippen LogP contribution in [0.3, 0.4) is 0 Å². The number of carbonyl (C=O) groups is 1. The highest BCUT2D eigenvalue weighted by molar-refractivity contribution is 8.01. The monoisotopic (exact) mass is 381 g/mol. The second-order valence-electron chi connectivity index (χ2n) is 5.20. The highest BCUT2D eigenvalue weighted by Crippen LogP contribution is 2.26. The number of hydrogen-bond acceptors (Lipinski definition) is 7. The van der Waals surface area contributed by atoms with E-state index >= 15 is 0 Å². The van der Waals surface area contributed by atoms with Gasteiger partial charge >= 0.3 is 0 Å². The number of rotatable bonds is 5. The predicted octanol–water partition coefficient (Wildman–Crippen LogP) is 2.28. The summed E-state index contributed by atoms with van der Waals surface area (Å²) in [6, 6.07) is 8.62. The minimum absolute atomic E-state index is 0.0871. The number of aryl methyl sites for hydroxylation is 1. The average molecular weight is 382 g/mol. The minimum atomic E-state index is -3.25. The van der Waals surface area contributed by atoms with E-state index in [2.05, 4.69) is 10.2 Å². The Morgan fingerprint density at radius 3 is 2.67 bits per heavy atom. The first-order valence-electron chi connectivity index (χ1n) is 7.15. The summed E-state index contributed by atoms with van der Waals surface area (Å²) in [6.45, 7) is 1.86. The Labute approximate surface area is 148 Å². The number of nitrogens with zero attached hydrogens (tertiary/aromatic N) is 3. The van der Waals surface area contributed by atoms with Crippen molar-refractivity contribution in [2.24, 2.45) is 0 Å². The zero-order valence-electron chi connectivity index (χ0n) is 12.8. The van der Waals surface area contributed by atoms with Crippen LogP contribution in [0.1, 0.15) is 5.01 Å². The molecular weight excluding hydrogens is 366 g/mol. The third-order valence-corrected chi connectivity index (χ3v) is 6.71. The van der Waals surface area contributed by atoms with Crippen molar-refractivity contribution in [2.45, 2.75) is 17.3 Å². The number of hydrogen-bond donors (Lipinski definition) is 0. The van der Waals surface area contributed by atoms with E-state index in [4.69, 9.17) is 0 Å². The second kappa shape index (κ2) is 7.04. The van der Waals surface area contributed by atoms with Crippen LogP contribution in [0, 0.1) is 6.92 Å². The Morgan fingerprint density at radius 1 is 1.33 bits per heavy atom. The lowest BCUT2D eigenvalue weighted by Crippen LogP contribution is -2.42. The van der Waals surface area contributed by atoms with Crippen molar-refractivity contribution in [1.82, 2.24) is 10.2 Å². The molecule has 0 spiro atoms. The van der Waals surface area contributed by atoms with Gasteiger partial charge in [0.2, 0.25) is 5.91 Å². The third kappa shape index (κ3) is 4.03. The van der Waals surface area contributed by atoms with Crippen molar-refractivity contribution < 1.29 is 13.2 Å². The second-order valence-corrected chi connectivity index (χ2v) is 9.54. The van der Waals surface area contributed by atoms with Crippen LogP contribution in [-0.4, -0.2) is 42.1 Å². The van der Waals surface area contributed by atoms with Crippen LogP contribution < -0.4 is 4.90 Å². The van der Waals surface area contributed by atoms with Crippen molar-refractivity contribution in [3.05, 3.63) is 46.8 Å². The van der Waals surface area contributed by atoms with Crippen LogP contribution >= 0.6 is 23.1 Å².